The molecular weight excluding hydrogens is 392 g/mol. The van der Waals surface area contributed by atoms with Crippen LogP contribution in [0.5, 0.6) is 0 Å². The van der Waals surface area contributed by atoms with Crippen LogP contribution < -0.4 is 5.32 Å². The minimum absolute atomic E-state index is 0.0800. The highest BCUT2D eigenvalue weighted by Gasteiger charge is 2.31. The summed E-state index contributed by atoms with van der Waals surface area (Å²) in [6.45, 7) is 1.80. The number of rotatable bonds is 6. The maximum atomic E-state index is 13.1. The van der Waals surface area contributed by atoms with Crippen molar-refractivity contribution in [1.29, 1.82) is 0 Å². The van der Waals surface area contributed by atoms with Gasteiger partial charge >= 0.3 is 0 Å². The molecule has 1 heterocycles. The Morgan fingerprint density at radius 3 is 2.69 bits per heavy atom. The van der Waals surface area contributed by atoms with Crippen molar-refractivity contribution in [3.05, 3.63) is 40.7 Å². The van der Waals surface area contributed by atoms with E-state index in [9.17, 15) is 13.2 Å². The summed E-state index contributed by atoms with van der Waals surface area (Å²) in [6, 6.07) is 5.09. The van der Waals surface area contributed by atoms with Crippen molar-refractivity contribution in [2.24, 2.45) is 5.92 Å². The molecule has 156 valence electrons. The van der Waals surface area contributed by atoms with Gasteiger partial charge in [-0.1, -0.05) is 29.2 Å². The van der Waals surface area contributed by atoms with Crippen molar-refractivity contribution in [2.75, 3.05) is 7.05 Å². The topological polar surface area (TPSA) is 105 Å². The van der Waals surface area contributed by atoms with Crippen LogP contribution in [0.25, 0.3) is 0 Å². The van der Waals surface area contributed by atoms with Gasteiger partial charge < -0.3 is 5.32 Å². The van der Waals surface area contributed by atoms with Gasteiger partial charge in [0.15, 0.2) is 0 Å². The number of fused-ring (bicyclic) bond motifs is 1. The van der Waals surface area contributed by atoms with Gasteiger partial charge in [-0.25, -0.2) is 13.0 Å². The average molecular weight is 419 g/mol. The number of nitrogens with zero attached hydrogens (tertiary/aromatic N) is 3. The Hall–Kier alpha value is -2.26. The second-order valence-electron chi connectivity index (χ2n) is 8.00. The van der Waals surface area contributed by atoms with Crippen LogP contribution in [-0.2, 0) is 27.8 Å². The molecule has 0 spiro atoms. The molecule has 0 saturated heterocycles. The zero-order chi connectivity index (χ0) is 20.6. The summed E-state index contributed by atoms with van der Waals surface area (Å²) in [4.78, 5) is 12.8. The van der Waals surface area contributed by atoms with E-state index >= 15 is 0 Å². The minimum Gasteiger partial charge on any atom is -0.349 e. The third kappa shape index (κ3) is 3.93. The van der Waals surface area contributed by atoms with Crippen molar-refractivity contribution < 1.29 is 17.8 Å². The number of benzene rings is 1. The number of carbonyl (C=O) groups excluding carboxylic acids is 1. The van der Waals surface area contributed by atoms with E-state index in [1.54, 1.807) is 19.1 Å². The van der Waals surface area contributed by atoms with Gasteiger partial charge in [-0.2, -0.15) is 4.31 Å². The highest BCUT2D eigenvalue weighted by atomic mass is 32.2. The number of amides is 1. The van der Waals surface area contributed by atoms with Gasteiger partial charge in [0, 0.05) is 13.0 Å². The summed E-state index contributed by atoms with van der Waals surface area (Å²) in [5.74, 6) is 0.191. The van der Waals surface area contributed by atoms with Crippen LogP contribution >= 0.6 is 0 Å². The first kappa shape index (κ1) is 20.0. The molecule has 2 aliphatic carbocycles. The fourth-order valence-corrected chi connectivity index (χ4v) is 5.41. The quantitative estimate of drug-likeness (QED) is 0.773. The first-order valence-corrected chi connectivity index (χ1v) is 11.5. The number of nitrogens with one attached hydrogen (secondary N) is 1. The lowest BCUT2D eigenvalue weighted by Crippen LogP contribution is -2.32. The van der Waals surface area contributed by atoms with Crippen molar-refractivity contribution in [1.82, 2.24) is 19.9 Å². The van der Waals surface area contributed by atoms with Gasteiger partial charge in [0.05, 0.1) is 17.5 Å². The Morgan fingerprint density at radius 2 is 2.00 bits per heavy atom. The molecular formula is C20H26N4O4S. The third-order valence-electron chi connectivity index (χ3n) is 6.06. The van der Waals surface area contributed by atoms with E-state index in [0.717, 1.165) is 49.7 Å². The molecule has 1 fully saturated rings. The Morgan fingerprint density at radius 1 is 1.24 bits per heavy atom. The maximum Gasteiger partial charge on any atom is 0.243 e. The summed E-state index contributed by atoms with van der Waals surface area (Å²) in [6.07, 6.45) is 5.74. The van der Waals surface area contributed by atoms with Crippen molar-refractivity contribution in [2.45, 2.75) is 62.9 Å². The summed E-state index contributed by atoms with van der Waals surface area (Å²) in [5.41, 5.74) is 3.06. The summed E-state index contributed by atoms with van der Waals surface area (Å²) < 4.78 is 32.0. The van der Waals surface area contributed by atoms with E-state index < -0.39 is 10.0 Å². The molecule has 4 rings (SSSR count). The van der Waals surface area contributed by atoms with Gasteiger partial charge in [-0.3, -0.25) is 4.79 Å². The number of aryl methyl sites for hydroxylation is 2. The van der Waals surface area contributed by atoms with E-state index in [1.165, 1.54) is 11.4 Å². The van der Waals surface area contributed by atoms with Crippen LogP contribution in [0.1, 0.15) is 60.7 Å². The number of aromatic nitrogens is 2. The largest absolute Gasteiger partial charge is 0.349 e. The van der Waals surface area contributed by atoms with E-state index in [1.807, 2.05) is 6.07 Å². The highest BCUT2D eigenvalue weighted by Crippen LogP contribution is 2.35. The molecule has 9 heteroatoms. The predicted molar refractivity (Wildman–Crippen MR) is 105 cm³/mol. The lowest BCUT2D eigenvalue weighted by molar-refractivity contribution is -0.125. The van der Waals surface area contributed by atoms with Crippen molar-refractivity contribution in [3.63, 3.8) is 0 Å². The van der Waals surface area contributed by atoms with Gasteiger partial charge in [-0.15, -0.1) is 0 Å². The third-order valence-corrected chi connectivity index (χ3v) is 7.86. The molecule has 1 amide bonds. The van der Waals surface area contributed by atoms with E-state index in [0.29, 0.717) is 11.4 Å². The van der Waals surface area contributed by atoms with Crippen LogP contribution in [0.2, 0.25) is 0 Å². The average Bonchev–Trinajstić information content (AvgIpc) is 3.44. The Labute approximate surface area is 170 Å². The fourth-order valence-electron chi connectivity index (χ4n) is 4.24. The fraction of sp³-hybridized carbons (Fsp3) is 0.550. The highest BCUT2D eigenvalue weighted by molar-refractivity contribution is 7.89. The standard InChI is InChI=1S/C20H26N4O4S/c1-13-19(23-28-22-13)12-24(2)29(26,27)16-9-7-14-8-10-18(17(14)11-16)21-20(25)15-5-3-4-6-15/h7,9,11,15,18H,3-6,8,10,12H2,1-2H3,(H,21,25). The van der Waals surface area contributed by atoms with Gasteiger partial charge in [0.2, 0.25) is 15.9 Å². The normalized spacial score (nSPS) is 19.6. The molecule has 1 aromatic carbocycles. The van der Waals surface area contributed by atoms with E-state index in [4.69, 9.17) is 0 Å². The van der Waals surface area contributed by atoms with Gasteiger partial charge in [-0.05, 0) is 55.9 Å². The van der Waals surface area contributed by atoms with Gasteiger partial charge in [0.25, 0.3) is 0 Å². The second-order valence-corrected chi connectivity index (χ2v) is 10.0. The van der Waals surface area contributed by atoms with Crippen LogP contribution in [0.3, 0.4) is 0 Å². The van der Waals surface area contributed by atoms with Gasteiger partial charge in [0.1, 0.15) is 11.4 Å². The Balaban J connectivity index is 1.53. The maximum absolute atomic E-state index is 13.1. The smallest absolute Gasteiger partial charge is 0.243 e. The van der Waals surface area contributed by atoms with Crippen LogP contribution in [0.4, 0.5) is 0 Å². The lowest BCUT2D eigenvalue weighted by atomic mass is 10.0. The van der Waals surface area contributed by atoms with Crippen LogP contribution in [-0.4, -0.2) is 36.0 Å². The SMILES string of the molecule is Cc1nonc1CN(C)S(=O)(=O)c1ccc2c(c1)C(NC(=O)C1CCCC1)CC2. The minimum atomic E-state index is -3.71. The number of hydrogen-bond donors (Lipinski definition) is 1. The Bertz CT molecular complexity index is 1010. The molecule has 1 saturated carbocycles. The Kier molecular flexibility index (Phi) is 5.44. The molecule has 0 bridgehead atoms. The molecule has 1 aromatic heterocycles. The molecule has 1 unspecified atom stereocenters. The molecule has 2 aliphatic rings. The molecule has 1 atom stereocenters. The molecule has 0 radical (unpaired) electrons. The van der Waals surface area contributed by atoms with E-state index in [2.05, 4.69) is 20.3 Å². The van der Waals surface area contributed by atoms with Crippen molar-refractivity contribution in [3.8, 4) is 0 Å². The zero-order valence-corrected chi connectivity index (χ0v) is 17.5. The predicted octanol–water partition coefficient (Wildman–Crippen LogP) is 2.49. The number of hydrogen-bond acceptors (Lipinski definition) is 6. The first-order chi connectivity index (χ1) is 13.9. The lowest BCUT2D eigenvalue weighted by Gasteiger charge is -2.19. The molecule has 8 nitrogen and oxygen atoms in total. The van der Waals surface area contributed by atoms with Crippen LogP contribution in [0, 0.1) is 12.8 Å². The first-order valence-electron chi connectivity index (χ1n) is 10.0. The summed E-state index contributed by atoms with van der Waals surface area (Å²) in [5, 5.41) is 10.6. The molecule has 1 N–H and O–H groups in total. The second kappa shape index (κ2) is 7.87. The monoisotopic (exact) mass is 418 g/mol. The number of carbonyl (C=O) groups is 1. The summed E-state index contributed by atoms with van der Waals surface area (Å²) in [7, 11) is -2.20. The number of sulfonamides is 1. The molecule has 2 aromatic rings. The molecule has 29 heavy (non-hydrogen) atoms. The zero-order valence-electron chi connectivity index (χ0n) is 16.7. The summed E-state index contributed by atoms with van der Waals surface area (Å²) >= 11 is 0. The van der Waals surface area contributed by atoms with E-state index in [-0.39, 0.29) is 29.3 Å². The van der Waals surface area contributed by atoms with Crippen LogP contribution in [0.15, 0.2) is 27.7 Å². The molecule has 0 aliphatic heterocycles. The van der Waals surface area contributed by atoms with Crippen molar-refractivity contribution >= 4 is 15.9 Å².